The van der Waals surface area contributed by atoms with Crippen LogP contribution in [-0.2, 0) is 9.53 Å². The number of rotatable bonds is 4. The minimum atomic E-state index is -0.482. The molecule has 0 aromatic heterocycles. The lowest BCUT2D eigenvalue weighted by molar-refractivity contribution is -0.974. The second-order valence-corrected chi connectivity index (χ2v) is 12.1. The average Bonchev–Trinajstić information content (AvgIpc) is 3.12. The summed E-state index contributed by atoms with van der Waals surface area (Å²) >= 11 is 6.46. The van der Waals surface area contributed by atoms with Crippen molar-refractivity contribution in [3.63, 3.8) is 0 Å². The summed E-state index contributed by atoms with van der Waals surface area (Å²) in [6, 6.07) is 17.6. The number of hydrogen-bond donors (Lipinski definition) is 0. The summed E-state index contributed by atoms with van der Waals surface area (Å²) in [7, 11) is 2.22. The molecule has 4 rings (SSSR count). The maximum atomic E-state index is 12.4. The number of nitrogens with zero attached hydrogens (tertiary/aromatic N) is 2. The molecule has 1 aliphatic heterocycles. The smallest absolute Gasteiger partial charge is 0.315 e. The van der Waals surface area contributed by atoms with Crippen LogP contribution < -0.4 is 24.0 Å². The molecule has 1 saturated heterocycles. The van der Waals surface area contributed by atoms with Gasteiger partial charge in [0.05, 0.1) is 25.6 Å². The molecule has 0 bridgehead atoms. The molecule has 1 fully saturated rings. The zero-order chi connectivity index (χ0) is 24.0. The molecule has 0 unspecified atom stereocenters. The standard InChI is InChI=1S/C28H38ClN2O2.HI/c1-27(2,3)26(32)33-19-31(6)15-14-30(18-28(31,4)5)25-17-23(20-10-8-7-9-11-20)22-13-12-21(29)16-24(22)25;/h7-13,16,23,25H,14-15,17-19H2,1-6H3;1H/q+1;/p-1/t23-,25+,31-;/m0./s1. The Hall–Kier alpha value is -1.15. The molecule has 4 nitrogen and oxygen atoms in total. The van der Waals surface area contributed by atoms with Gasteiger partial charge in [0, 0.05) is 23.5 Å². The first-order valence-electron chi connectivity index (χ1n) is 12.0. The van der Waals surface area contributed by atoms with Crippen LogP contribution in [0.2, 0.25) is 5.02 Å². The predicted molar refractivity (Wildman–Crippen MR) is 134 cm³/mol. The number of piperazine rings is 1. The van der Waals surface area contributed by atoms with E-state index in [-0.39, 0.29) is 35.5 Å². The molecule has 2 aliphatic rings. The Labute approximate surface area is 227 Å². The molecule has 0 saturated carbocycles. The van der Waals surface area contributed by atoms with Gasteiger partial charge in [0.1, 0.15) is 5.54 Å². The normalized spacial score (nSPS) is 26.4. The fourth-order valence-electron chi connectivity index (χ4n) is 5.30. The molecule has 0 spiro atoms. The summed E-state index contributed by atoms with van der Waals surface area (Å²) in [5.74, 6) is 0.257. The number of halogens is 2. The van der Waals surface area contributed by atoms with Crippen molar-refractivity contribution in [1.82, 2.24) is 4.90 Å². The van der Waals surface area contributed by atoms with Crippen molar-refractivity contribution < 1.29 is 38.0 Å². The van der Waals surface area contributed by atoms with E-state index in [1.807, 2.05) is 26.8 Å². The topological polar surface area (TPSA) is 29.5 Å². The summed E-state index contributed by atoms with van der Waals surface area (Å²) in [5.41, 5.74) is 3.59. The van der Waals surface area contributed by atoms with Crippen molar-refractivity contribution in [1.29, 1.82) is 0 Å². The summed E-state index contributed by atoms with van der Waals surface area (Å²) in [4.78, 5) is 15.0. The molecule has 3 atom stereocenters. The molecule has 34 heavy (non-hydrogen) atoms. The van der Waals surface area contributed by atoms with Crippen LogP contribution >= 0.6 is 11.6 Å². The number of ether oxygens (including phenoxy) is 1. The molecule has 0 radical (unpaired) electrons. The fraction of sp³-hybridized carbons (Fsp3) is 0.536. The highest BCUT2D eigenvalue weighted by Crippen LogP contribution is 2.48. The molecule has 1 heterocycles. The van der Waals surface area contributed by atoms with Gasteiger partial charge in [-0.05, 0) is 69.9 Å². The third-order valence-corrected chi connectivity index (χ3v) is 8.15. The van der Waals surface area contributed by atoms with E-state index < -0.39 is 5.41 Å². The largest absolute Gasteiger partial charge is 1.00 e. The van der Waals surface area contributed by atoms with Gasteiger partial charge in [-0.25, -0.2) is 0 Å². The number of carbonyl (C=O) groups excluding carboxylic acids is 1. The van der Waals surface area contributed by atoms with Crippen LogP contribution in [0.5, 0.6) is 0 Å². The van der Waals surface area contributed by atoms with E-state index >= 15 is 0 Å². The van der Waals surface area contributed by atoms with Crippen molar-refractivity contribution in [2.75, 3.05) is 33.4 Å². The molecule has 0 N–H and O–H groups in total. The lowest BCUT2D eigenvalue weighted by Gasteiger charge is -2.54. The number of esters is 1. The minimum Gasteiger partial charge on any atom is -1.00 e. The van der Waals surface area contributed by atoms with Crippen LogP contribution in [0.4, 0.5) is 0 Å². The van der Waals surface area contributed by atoms with Gasteiger partial charge < -0.3 is 28.7 Å². The average molecular weight is 597 g/mol. The number of benzene rings is 2. The zero-order valence-electron chi connectivity index (χ0n) is 21.3. The van der Waals surface area contributed by atoms with Crippen molar-refractivity contribution in [2.24, 2.45) is 5.41 Å². The van der Waals surface area contributed by atoms with Crippen LogP contribution in [0.3, 0.4) is 0 Å². The number of likely N-dealkylation sites (N-methyl/N-ethyl adjacent to an activating group) is 1. The van der Waals surface area contributed by atoms with Crippen molar-refractivity contribution in [2.45, 2.75) is 58.5 Å². The van der Waals surface area contributed by atoms with E-state index in [4.69, 9.17) is 16.3 Å². The fourth-order valence-corrected chi connectivity index (χ4v) is 5.48. The van der Waals surface area contributed by atoms with Crippen LogP contribution in [-0.4, -0.2) is 54.3 Å². The first kappa shape index (κ1) is 27.4. The van der Waals surface area contributed by atoms with Gasteiger partial charge in [-0.2, -0.15) is 0 Å². The number of carbonyl (C=O) groups is 1. The zero-order valence-corrected chi connectivity index (χ0v) is 24.2. The van der Waals surface area contributed by atoms with Gasteiger partial charge in [-0.3, -0.25) is 14.2 Å². The lowest BCUT2D eigenvalue weighted by atomic mass is 9.92. The Morgan fingerprint density at radius 3 is 2.44 bits per heavy atom. The third kappa shape index (κ3) is 5.32. The Kier molecular flexibility index (Phi) is 8.13. The molecule has 2 aromatic carbocycles. The SMILES string of the molecule is CC(C)(C)C(=O)OC[N@+]1(C)CCN([C@@H]2C[C@@H](c3ccccc3)c3ccc(Cl)cc32)CC1(C)C.[I-]. The molecular formula is C28H38ClIN2O2. The first-order chi connectivity index (χ1) is 15.4. The highest BCUT2D eigenvalue weighted by molar-refractivity contribution is 6.30. The Balaban J connectivity index is 0.00000324. The summed E-state index contributed by atoms with van der Waals surface area (Å²) in [5, 5.41) is 0.804. The second kappa shape index (κ2) is 10.1. The first-order valence-corrected chi connectivity index (χ1v) is 12.4. The van der Waals surface area contributed by atoms with Crippen LogP contribution in [0.15, 0.2) is 48.5 Å². The number of fused-ring (bicyclic) bond motifs is 1. The summed E-state index contributed by atoms with van der Waals surface area (Å²) in [6.45, 7) is 13.6. The Morgan fingerprint density at radius 2 is 1.82 bits per heavy atom. The molecule has 186 valence electrons. The number of quaternary nitrogens is 1. The van der Waals surface area contributed by atoms with Crippen LogP contribution in [0, 0.1) is 5.41 Å². The van der Waals surface area contributed by atoms with Crippen LogP contribution in [0.1, 0.15) is 69.7 Å². The quantitative estimate of drug-likeness (QED) is 0.309. The van der Waals surface area contributed by atoms with Gasteiger partial charge in [-0.15, -0.1) is 0 Å². The van der Waals surface area contributed by atoms with Crippen molar-refractivity contribution in [3.8, 4) is 0 Å². The molecule has 6 heteroatoms. The van der Waals surface area contributed by atoms with Crippen molar-refractivity contribution in [3.05, 3.63) is 70.2 Å². The maximum absolute atomic E-state index is 12.4. The molecular weight excluding hydrogens is 559 g/mol. The maximum Gasteiger partial charge on any atom is 0.315 e. The Morgan fingerprint density at radius 1 is 1.15 bits per heavy atom. The van der Waals surface area contributed by atoms with E-state index in [0.717, 1.165) is 35.6 Å². The van der Waals surface area contributed by atoms with E-state index in [1.165, 1.54) is 16.7 Å². The third-order valence-electron chi connectivity index (χ3n) is 7.91. The van der Waals surface area contributed by atoms with Gasteiger partial charge in [0.2, 0.25) is 6.73 Å². The van der Waals surface area contributed by atoms with Crippen molar-refractivity contribution >= 4 is 17.6 Å². The molecule has 2 aromatic rings. The highest BCUT2D eigenvalue weighted by atomic mass is 127. The van der Waals surface area contributed by atoms with E-state index in [0.29, 0.717) is 18.7 Å². The summed E-state index contributed by atoms with van der Waals surface area (Å²) < 4.78 is 6.51. The highest BCUT2D eigenvalue weighted by Gasteiger charge is 2.49. The van der Waals surface area contributed by atoms with E-state index in [2.05, 4.69) is 68.3 Å². The summed E-state index contributed by atoms with van der Waals surface area (Å²) in [6.07, 6.45) is 1.07. The van der Waals surface area contributed by atoms with E-state index in [9.17, 15) is 4.79 Å². The minimum absolute atomic E-state index is 0. The van der Waals surface area contributed by atoms with Crippen LogP contribution in [0.25, 0.3) is 0 Å². The predicted octanol–water partition coefficient (Wildman–Crippen LogP) is 3.01. The molecule has 0 amide bonds. The Bertz CT molecular complexity index is 1020. The molecule has 1 aliphatic carbocycles. The van der Waals surface area contributed by atoms with Gasteiger partial charge >= 0.3 is 5.97 Å². The van der Waals surface area contributed by atoms with Gasteiger partial charge in [0.25, 0.3) is 0 Å². The van der Waals surface area contributed by atoms with E-state index in [1.54, 1.807) is 0 Å². The monoisotopic (exact) mass is 596 g/mol. The number of hydrogen-bond acceptors (Lipinski definition) is 3. The van der Waals surface area contributed by atoms with Gasteiger partial charge in [-0.1, -0.05) is 48.0 Å². The van der Waals surface area contributed by atoms with Gasteiger partial charge in [0.15, 0.2) is 0 Å². The second-order valence-electron chi connectivity index (χ2n) is 11.7. The lowest BCUT2D eigenvalue weighted by Crippen LogP contribution is -3.00.